The zero-order chi connectivity index (χ0) is 23.4. The summed E-state index contributed by atoms with van der Waals surface area (Å²) in [6.45, 7) is 3.51. The van der Waals surface area contributed by atoms with Crippen LogP contribution in [0, 0.1) is 23.7 Å². The van der Waals surface area contributed by atoms with Crippen LogP contribution in [-0.4, -0.2) is 30.0 Å². The Bertz CT molecular complexity index is 1120. The van der Waals surface area contributed by atoms with Gasteiger partial charge in [0, 0.05) is 18.3 Å². The Kier molecular flexibility index (Phi) is 5.14. The highest BCUT2D eigenvalue weighted by Crippen LogP contribution is 2.50. The Morgan fingerprint density at radius 2 is 1.94 bits per heavy atom. The molecule has 0 radical (unpaired) electrons. The lowest BCUT2D eigenvalue weighted by atomic mass is 9.58. The monoisotopic (exact) mass is 442 g/mol. The maximum Gasteiger partial charge on any atom is 0.416 e. The number of nitrogens with one attached hydrogen (secondary N) is 2. The largest absolute Gasteiger partial charge is 0.416 e. The molecule has 1 fully saturated rings. The lowest BCUT2D eigenvalue weighted by Crippen LogP contribution is -2.52. The van der Waals surface area contributed by atoms with E-state index in [1.807, 2.05) is 12.1 Å². The molecule has 2 aliphatic rings. The third-order valence-corrected chi connectivity index (χ3v) is 6.60. The minimum Gasteiger partial charge on any atom is -0.324 e. The molecule has 0 unspecified atom stereocenters. The van der Waals surface area contributed by atoms with E-state index in [0.717, 1.165) is 30.8 Å². The molecule has 1 amide bonds. The maximum atomic E-state index is 13.6. The number of rotatable bonds is 4. The number of halogens is 3. The van der Waals surface area contributed by atoms with Crippen LogP contribution in [0.25, 0.3) is 0 Å². The normalized spacial score (nSPS) is 22.4. The second kappa shape index (κ2) is 7.46. The van der Waals surface area contributed by atoms with Crippen LogP contribution in [0.1, 0.15) is 52.4 Å². The van der Waals surface area contributed by atoms with Crippen molar-refractivity contribution in [2.75, 3.05) is 11.9 Å². The molecule has 0 bridgehead atoms. The van der Waals surface area contributed by atoms with Gasteiger partial charge >= 0.3 is 6.18 Å². The van der Waals surface area contributed by atoms with Crippen molar-refractivity contribution in [3.8, 4) is 0 Å². The van der Waals surface area contributed by atoms with Gasteiger partial charge in [0.1, 0.15) is 5.84 Å². The smallest absolute Gasteiger partial charge is 0.324 e. The van der Waals surface area contributed by atoms with E-state index in [2.05, 4.69) is 6.92 Å². The molecule has 1 heterocycles. The van der Waals surface area contributed by atoms with Gasteiger partial charge in [0.2, 0.25) is 0 Å². The van der Waals surface area contributed by atoms with Gasteiger partial charge in [-0.1, -0.05) is 19.1 Å². The summed E-state index contributed by atoms with van der Waals surface area (Å²) < 4.78 is 40.8. The van der Waals surface area contributed by atoms with Crippen LogP contribution in [0.15, 0.2) is 36.4 Å². The van der Waals surface area contributed by atoms with E-state index in [0.29, 0.717) is 23.0 Å². The molecule has 2 aromatic rings. The fraction of sp³-hybridized carbons (Fsp3) is 0.375. The summed E-state index contributed by atoms with van der Waals surface area (Å²) in [4.78, 5) is 15.9. The molecular formula is C24H25F3N4O. The molecule has 5 nitrogen and oxygen atoms in total. The van der Waals surface area contributed by atoms with Crippen molar-refractivity contribution in [1.82, 2.24) is 4.90 Å². The van der Waals surface area contributed by atoms with Crippen molar-refractivity contribution >= 4 is 23.8 Å². The van der Waals surface area contributed by atoms with Crippen molar-refractivity contribution < 1.29 is 18.0 Å². The number of fused-ring (bicyclic) bond motifs is 1. The second-order valence-corrected chi connectivity index (χ2v) is 8.96. The molecule has 168 valence electrons. The number of hydrogen-bond acceptors (Lipinski definition) is 3. The third kappa shape index (κ3) is 3.38. The second-order valence-electron chi connectivity index (χ2n) is 8.96. The number of nitrogens with zero attached hydrogens (tertiary/aromatic N) is 2. The van der Waals surface area contributed by atoms with Crippen molar-refractivity contribution in [2.45, 2.75) is 44.8 Å². The highest BCUT2D eigenvalue weighted by atomic mass is 19.4. The molecule has 32 heavy (non-hydrogen) atoms. The predicted molar refractivity (Wildman–Crippen MR) is 117 cm³/mol. The zero-order valence-electron chi connectivity index (χ0n) is 18.2. The van der Waals surface area contributed by atoms with Crippen molar-refractivity contribution in [1.29, 1.82) is 10.8 Å². The summed E-state index contributed by atoms with van der Waals surface area (Å²) >= 11 is 0. The maximum absolute atomic E-state index is 13.6. The molecule has 2 aromatic carbocycles. The molecule has 1 aliphatic heterocycles. The minimum atomic E-state index is -4.53. The standard InChI is InChI=1S/C24H25F3N4O/c1-14-7-18-19(20(8-14)24(25,26)27)12-31(21(18)32)17-6-4-5-16(9-17)23(10-15(2)11-23)22(29)30(3)13-28/h4-9,13,15,28-29H,10-12H2,1-3H3. The van der Waals surface area contributed by atoms with Crippen LogP contribution in [0.4, 0.5) is 18.9 Å². The first-order valence-corrected chi connectivity index (χ1v) is 10.4. The lowest BCUT2D eigenvalue weighted by Gasteiger charge is -2.48. The topological polar surface area (TPSA) is 71.2 Å². The van der Waals surface area contributed by atoms with E-state index in [-0.39, 0.29) is 17.7 Å². The number of hydrogen-bond donors (Lipinski definition) is 2. The van der Waals surface area contributed by atoms with Gasteiger partial charge in [0.25, 0.3) is 5.91 Å². The van der Waals surface area contributed by atoms with E-state index in [4.69, 9.17) is 10.8 Å². The van der Waals surface area contributed by atoms with E-state index in [1.54, 1.807) is 26.1 Å². The summed E-state index contributed by atoms with van der Waals surface area (Å²) in [7, 11) is 1.66. The van der Waals surface area contributed by atoms with Crippen molar-refractivity contribution in [3.05, 3.63) is 64.2 Å². The Morgan fingerprint density at radius 1 is 1.25 bits per heavy atom. The molecule has 4 rings (SSSR count). The lowest BCUT2D eigenvalue weighted by molar-refractivity contribution is -0.138. The van der Waals surface area contributed by atoms with Crippen molar-refractivity contribution in [3.63, 3.8) is 0 Å². The number of benzene rings is 2. The van der Waals surface area contributed by atoms with Gasteiger partial charge in [-0.2, -0.15) is 13.2 Å². The van der Waals surface area contributed by atoms with Gasteiger partial charge < -0.3 is 9.80 Å². The van der Waals surface area contributed by atoms with Gasteiger partial charge in [0.05, 0.1) is 23.9 Å². The Balaban J connectivity index is 1.74. The van der Waals surface area contributed by atoms with Gasteiger partial charge in [-0.25, -0.2) is 0 Å². The molecule has 8 heteroatoms. The molecule has 0 spiro atoms. The minimum absolute atomic E-state index is 0.00163. The molecule has 0 saturated heterocycles. The van der Waals surface area contributed by atoms with Gasteiger partial charge in [0.15, 0.2) is 0 Å². The predicted octanol–water partition coefficient (Wildman–Crippen LogP) is 5.36. The summed E-state index contributed by atoms with van der Waals surface area (Å²) in [5.41, 5.74) is 0.489. The SMILES string of the molecule is Cc1cc2c(c(C(F)(F)F)c1)CN(c1cccc(C3(C(=N)N(C)C=N)CC(C)C3)c1)C2=O. The third-order valence-electron chi connectivity index (χ3n) is 6.60. The average Bonchev–Trinajstić information content (AvgIpc) is 3.05. The number of alkyl halides is 3. The Morgan fingerprint density at radius 3 is 2.53 bits per heavy atom. The number of anilines is 1. The fourth-order valence-corrected chi connectivity index (χ4v) is 5.08. The highest BCUT2D eigenvalue weighted by molar-refractivity contribution is 6.10. The van der Waals surface area contributed by atoms with Crippen LogP contribution in [0.2, 0.25) is 0 Å². The van der Waals surface area contributed by atoms with E-state index in [9.17, 15) is 18.0 Å². The Labute approximate surface area is 184 Å². The van der Waals surface area contributed by atoms with E-state index in [1.165, 1.54) is 15.9 Å². The Hall–Kier alpha value is -3.16. The van der Waals surface area contributed by atoms with E-state index >= 15 is 0 Å². The quantitative estimate of drug-likeness (QED) is 0.494. The van der Waals surface area contributed by atoms with Crippen LogP contribution < -0.4 is 4.90 Å². The molecule has 1 saturated carbocycles. The van der Waals surface area contributed by atoms with Gasteiger partial charge in [-0.05, 0) is 66.6 Å². The first kappa shape index (κ1) is 22.0. The first-order chi connectivity index (χ1) is 15.0. The highest BCUT2D eigenvalue weighted by Gasteiger charge is 2.48. The zero-order valence-corrected chi connectivity index (χ0v) is 18.2. The van der Waals surface area contributed by atoms with Crippen LogP contribution in [0.5, 0.6) is 0 Å². The number of aryl methyl sites for hydroxylation is 1. The number of carbonyl (C=O) groups is 1. The van der Waals surface area contributed by atoms with Gasteiger partial charge in [-0.15, -0.1) is 0 Å². The van der Waals surface area contributed by atoms with E-state index < -0.39 is 23.1 Å². The van der Waals surface area contributed by atoms with Crippen LogP contribution >= 0.6 is 0 Å². The first-order valence-electron chi connectivity index (χ1n) is 10.4. The molecule has 0 atom stereocenters. The number of likely N-dealkylation sites (N-methyl/N-ethyl adjacent to an activating group) is 1. The van der Waals surface area contributed by atoms with Crippen molar-refractivity contribution in [2.24, 2.45) is 5.92 Å². The average molecular weight is 442 g/mol. The van der Waals surface area contributed by atoms with Gasteiger partial charge in [-0.3, -0.25) is 15.6 Å². The van der Waals surface area contributed by atoms with Crippen LogP contribution in [-0.2, 0) is 18.1 Å². The number of amidine groups is 1. The summed E-state index contributed by atoms with van der Waals surface area (Å²) in [6.07, 6.45) is -1.97. The number of carbonyl (C=O) groups excluding carboxylic acids is 1. The van der Waals surface area contributed by atoms with Crippen LogP contribution in [0.3, 0.4) is 0 Å². The molecule has 0 aromatic heterocycles. The molecule has 1 aliphatic carbocycles. The summed E-state index contributed by atoms with van der Waals surface area (Å²) in [6, 6.07) is 9.79. The summed E-state index contributed by atoms with van der Waals surface area (Å²) in [5, 5.41) is 16.2. The molecular weight excluding hydrogens is 417 g/mol. The number of amides is 1. The molecule has 2 N–H and O–H groups in total. The fourth-order valence-electron chi connectivity index (χ4n) is 5.08. The summed E-state index contributed by atoms with van der Waals surface area (Å²) in [5.74, 6) is 0.260.